The Morgan fingerprint density at radius 3 is 2.06 bits per heavy atom. The van der Waals surface area contributed by atoms with Gasteiger partial charge in [-0.3, -0.25) is 10.1 Å². The summed E-state index contributed by atoms with van der Waals surface area (Å²) >= 11 is 0. The van der Waals surface area contributed by atoms with E-state index < -0.39 is 0 Å². The lowest BCUT2D eigenvalue weighted by Gasteiger charge is -2.13. The third-order valence-electron chi connectivity index (χ3n) is 1.75. The van der Waals surface area contributed by atoms with Crippen molar-refractivity contribution in [2.45, 2.75) is 47.1 Å². The number of amides is 1. The summed E-state index contributed by atoms with van der Waals surface area (Å²) < 4.78 is 0. The third kappa shape index (κ3) is 4.04. The van der Waals surface area contributed by atoms with Crippen LogP contribution < -0.4 is 10.6 Å². The van der Waals surface area contributed by atoms with Crippen molar-refractivity contribution in [3.05, 3.63) is 11.8 Å². The van der Waals surface area contributed by atoms with Gasteiger partial charge in [0, 0.05) is 0 Å². The molecule has 0 radical (unpaired) electrons. The number of rotatable bonds is 0. The molecule has 0 unspecified atom stereocenters. The molecular weight excluding hydrogens is 202 g/mol. The number of aliphatic imine (C=N–C) groups is 1. The zero-order valence-corrected chi connectivity index (χ0v) is 10.9. The smallest absolute Gasteiger partial charge is 0.274 e. The van der Waals surface area contributed by atoms with Gasteiger partial charge in [0.05, 0.1) is 5.54 Å². The first-order chi connectivity index (χ1) is 7.07. The van der Waals surface area contributed by atoms with E-state index in [1.54, 1.807) is 0 Å². The van der Waals surface area contributed by atoms with Gasteiger partial charge in [-0.25, -0.2) is 4.99 Å². The third-order valence-corrected chi connectivity index (χ3v) is 1.75. The highest BCUT2D eigenvalue weighted by atomic mass is 16.2. The van der Waals surface area contributed by atoms with Crippen LogP contribution in [0.3, 0.4) is 0 Å². The Hall–Kier alpha value is -1.32. The molecule has 1 amide bonds. The van der Waals surface area contributed by atoms with Crippen molar-refractivity contribution in [3.63, 3.8) is 0 Å². The van der Waals surface area contributed by atoms with Gasteiger partial charge in [0.1, 0.15) is 5.70 Å². The molecule has 0 aliphatic carbocycles. The topological polar surface area (TPSA) is 53.5 Å². The van der Waals surface area contributed by atoms with Crippen LogP contribution in [0, 0.1) is 5.41 Å². The van der Waals surface area contributed by atoms with Crippen LogP contribution in [-0.4, -0.2) is 17.4 Å². The molecular formula is C12H21N3O. The molecule has 0 atom stereocenters. The largest absolute Gasteiger partial charge is 0.322 e. The lowest BCUT2D eigenvalue weighted by atomic mass is 9.95. The molecule has 4 nitrogen and oxygen atoms in total. The van der Waals surface area contributed by atoms with Crippen molar-refractivity contribution >= 4 is 11.9 Å². The van der Waals surface area contributed by atoms with Gasteiger partial charge in [-0.15, -0.1) is 0 Å². The molecule has 0 aromatic rings. The minimum atomic E-state index is -0.202. The summed E-state index contributed by atoms with van der Waals surface area (Å²) in [6.07, 6.45) is 1.91. The lowest BCUT2D eigenvalue weighted by molar-refractivity contribution is -0.115. The highest BCUT2D eigenvalue weighted by molar-refractivity contribution is 6.13. The van der Waals surface area contributed by atoms with Crippen LogP contribution >= 0.6 is 0 Å². The molecule has 1 heterocycles. The number of nitrogens with one attached hydrogen (secondary N) is 2. The fourth-order valence-electron chi connectivity index (χ4n) is 1.32. The number of nitrogens with zero attached hydrogens (tertiary/aromatic N) is 1. The van der Waals surface area contributed by atoms with Crippen molar-refractivity contribution in [2.24, 2.45) is 10.4 Å². The van der Waals surface area contributed by atoms with E-state index in [0.717, 1.165) is 0 Å². The Morgan fingerprint density at radius 1 is 1.06 bits per heavy atom. The minimum Gasteiger partial charge on any atom is -0.322 e. The molecule has 0 aromatic carbocycles. The number of hydrogen-bond donors (Lipinski definition) is 2. The maximum Gasteiger partial charge on any atom is 0.274 e. The van der Waals surface area contributed by atoms with Crippen LogP contribution in [0.4, 0.5) is 0 Å². The van der Waals surface area contributed by atoms with Crippen LogP contribution in [0.15, 0.2) is 16.8 Å². The van der Waals surface area contributed by atoms with Crippen molar-refractivity contribution in [3.8, 4) is 0 Å². The molecule has 2 N–H and O–H groups in total. The Balaban J connectivity index is 2.88. The quantitative estimate of drug-likeness (QED) is 0.615. The summed E-state index contributed by atoms with van der Waals surface area (Å²) in [4.78, 5) is 16.0. The summed E-state index contributed by atoms with van der Waals surface area (Å²) in [7, 11) is 0. The maximum atomic E-state index is 11.6. The van der Waals surface area contributed by atoms with E-state index in [4.69, 9.17) is 0 Å². The second-order valence-corrected chi connectivity index (χ2v) is 6.13. The highest BCUT2D eigenvalue weighted by Crippen LogP contribution is 2.18. The van der Waals surface area contributed by atoms with E-state index in [2.05, 4.69) is 15.6 Å². The average Bonchev–Trinajstić information content (AvgIpc) is 2.23. The first kappa shape index (κ1) is 12.7. The summed E-state index contributed by atoms with van der Waals surface area (Å²) in [6.45, 7) is 12.1. The van der Waals surface area contributed by atoms with Gasteiger partial charge in [0.15, 0.2) is 0 Å². The van der Waals surface area contributed by atoms with Crippen LogP contribution in [0.5, 0.6) is 0 Å². The average molecular weight is 223 g/mol. The second-order valence-electron chi connectivity index (χ2n) is 6.13. The predicted octanol–water partition coefficient (Wildman–Crippen LogP) is 1.79. The summed E-state index contributed by atoms with van der Waals surface area (Å²) in [5, 5.41) is 5.72. The summed E-state index contributed by atoms with van der Waals surface area (Å²) in [5.41, 5.74) is 0.347. The molecule has 0 bridgehead atoms. The van der Waals surface area contributed by atoms with Gasteiger partial charge in [-0.2, -0.15) is 0 Å². The summed E-state index contributed by atoms with van der Waals surface area (Å²) in [6, 6.07) is 0. The molecule has 0 aromatic heterocycles. The molecule has 0 saturated carbocycles. The molecule has 1 fully saturated rings. The fraction of sp³-hybridized carbons (Fsp3) is 0.667. The first-order valence-electron chi connectivity index (χ1n) is 5.48. The van der Waals surface area contributed by atoms with Crippen molar-refractivity contribution in [1.29, 1.82) is 0 Å². The van der Waals surface area contributed by atoms with Crippen LogP contribution in [0.1, 0.15) is 41.5 Å². The maximum absolute atomic E-state index is 11.6. The highest BCUT2D eigenvalue weighted by Gasteiger charge is 2.25. The minimum absolute atomic E-state index is 0.0309. The molecule has 1 aliphatic rings. The van der Waals surface area contributed by atoms with Gasteiger partial charge in [0.25, 0.3) is 5.91 Å². The number of guanidine groups is 1. The zero-order valence-electron chi connectivity index (χ0n) is 10.9. The SMILES string of the molecule is CC(C)(C)/C=C1\NC(=NC(C)(C)C)NC1=O. The molecule has 1 aliphatic heterocycles. The summed E-state index contributed by atoms with van der Waals surface area (Å²) in [5.74, 6) is 0.422. The fourth-order valence-corrected chi connectivity index (χ4v) is 1.32. The predicted molar refractivity (Wildman–Crippen MR) is 66.0 cm³/mol. The number of carbonyl (C=O) groups excluding carboxylic acids is 1. The van der Waals surface area contributed by atoms with E-state index in [1.165, 1.54) is 0 Å². The zero-order chi connectivity index (χ0) is 12.6. The molecule has 0 spiro atoms. The Bertz CT molecular complexity index is 353. The van der Waals surface area contributed by atoms with E-state index >= 15 is 0 Å². The number of carbonyl (C=O) groups is 1. The van der Waals surface area contributed by atoms with Gasteiger partial charge >= 0.3 is 0 Å². The molecule has 90 valence electrons. The van der Waals surface area contributed by atoms with Crippen molar-refractivity contribution < 1.29 is 4.79 Å². The van der Waals surface area contributed by atoms with E-state index in [9.17, 15) is 4.79 Å². The molecule has 1 saturated heterocycles. The van der Waals surface area contributed by atoms with Crippen molar-refractivity contribution in [1.82, 2.24) is 10.6 Å². The van der Waals surface area contributed by atoms with Gasteiger partial charge < -0.3 is 5.32 Å². The van der Waals surface area contributed by atoms with Crippen LogP contribution in [-0.2, 0) is 4.79 Å². The van der Waals surface area contributed by atoms with Gasteiger partial charge in [-0.05, 0) is 32.3 Å². The Labute approximate surface area is 97.2 Å². The number of allylic oxidation sites excluding steroid dienone is 1. The lowest BCUT2D eigenvalue weighted by Crippen LogP contribution is -2.29. The molecule has 4 heteroatoms. The molecule has 16 heavy (non-hydrogen) atoms. The monoisotopic (exact) mass is 223 g/mol. The molecule has 1 rings (SSSR count). The second kappa shape index (κ2) is 3.92. The first-order valence-corrected chi connectivity index (χ1v) is 5.48. The van der Waals surface area contributed by atoms with Crippen LogP contribution in [0.2, 0.25) is 0 Å². The Kier molecular flexibility index (Phi) is 3.13. The normalized spacial score (nSPS) is 22.5. The standard InChI is InChI=1S/C12H21N3O/c1-11(2,3)7-8-9(16)14-10(13-8)15-12(4,5)6/h7H,1-6H3,(H2,13,14,15,16)/b8-7-. The van der Waals surface area contributed by atoms with Crippen LogP contribution in [0.25, 0.3) is 0 Å². The van der Waals surface area contributed by atoms with E-state index in [1.807, 2.05) is 47.6 Å². The van der Waals surface area contributed by atoms with Gasteiger partial charge in [-0.1, -0.05) is 20.8 Å². The van der Waals surface area contributed by atoms with E-state index in [0.29, 0.717) is 11.7 Å². The van der Waals surface area contributed by atoms with E-state index in [-0.39, 0.29) is 16.9 Å². The van der Waals surface area contributed by atoms with Crippen molar-refractivity contribution in [2.75, 3.05) is 0 Å². The number of hydrogen-bond acceptors (Lipinski definition) is 2. The van der Waals surface area contributed by atoms with Gasteiger partial charge in [0.2, 0.25) is 5.96 Å². The Morgan fingerprint density at radius 2 is 1.62 bits per heavy atom.